The van der Waals surface area contributed by atoms with Gasteiger partial charge >= 0.3 is 0 Å². The molecule has 0 spiro atoms. The van der Waals surface area contributed by atoms with Crippen molar-refractivity contribution in [2.75, 3.05) is 0 Å². The van der Waals surface area contributed by atoms with Gasteiger partial charge in [0, 0.05) is 10.2 Å². The highest BCUT2D eigenvalue weighted by molar-refractivity contribution is 9.26. The van der Waals surface area contributed by atoms with Crippen molar-refractivity contribution in [2.24, 2.45) is 11.5 Å². The molecule has 0 saturated heterocycles. The molecule has 0 amide bonds. The third-order valence-electron chi connectivity index (χ3n) is 1.43. The van der Waals surface area contributed by atoms with E-state index in [4.69, 9.17) is 11.5 Å². The van der Waals surface area contributed by atoms with Crippen molar-refractivity contribution in [3.8, 4) is 0 Å². The van der Waals surface area contributed by atoms with E-state index in [9.17, 15) is 0 Å². The molecule has 0 aromatic carbocycles. The van der Waals surface area contributed by atoms with Crippen LogP contribution >= 0.6 is 63.7 Å². The summed E-state index contributed by atoms with van der Waals surface area (Å²) in [7, 11) is 0. The molecule has 4 N–H and O–H groups in total. The maximum atomic E-state index is 5.81. The lowest BCUT2D eigenvalue weighted by Gasteiger charge is -2.29. The quantitative estimate of drug-likeness (QED) is 0.463. The molecule has 12 heavy (non-hydrogen) atoms. The Kier molecular flexibility index (Phi) is 3.17. The smallest absolute Gasteiger partial charge is 0.131 e. The molecule has 1 aliphatic carbocycles. The van der Waals surface area contributed by atoms with Gasteiger partial charge in [-0.3, -0.25) is 0 Å². The minimum absolute atomic E-state index is 0.430. The Hall–Kier alpha value is 1.16. The van der Waals surface area contributed by atoms with Crippen molar-refractivity contribution in [3.05, 3.63) is 22.3 Å². The van der Waals surface area contributed by atoms with Gasteiger partial charge < -0.3 is 11.5 Å². The Morgan fingerprint density at radius 2 is 1.67 bits per heavy atom. The summed E-state index contributed by atoms with van der Waals surface area (Å²) in [6.45, 7) is 0. The van der Waals surface area contributed by atoms with Crippen LogP contribution in [0.3, 0.4) is 0 Å². The van der Waals surface area contributed by atoms with Crippen LogP contribution in [0.5, 0.6) is 0 Å². The predicted octanol–water partition coefficient (Wildman–Crippen LogP) is 2.66. The Morgan fingerprint density at radius 1 is 1.17 bits per heavy atom. The standard InChI is InChI=1S/C6H6Br4N2/c7-3-1-6(10,12)4(11)2-5(3,8)9/h1-2H,11-12H2. The van der Waals surface area contributed by atoms with E-state index >= 15 is 0 Å². The number of hydrogen-bond acceptors (Lipinski definition) is 2. The van der Waals surface area contributed by atoms with E-state index in [2.05, 4.69) is 63.7 Å². The largest absolute Gasteiger partial charge is 0.400 e. The van der Waals surface area contributed by atoms with Gasteiger partial charge in [-0.15, -0.1) is 0 Å². The molecule has 0 radical (unpaired) electrons. The van der Waals surface area contributed by atoms with Gasteiger partial charge in [-0.05, 0) is 12.2 Å². The summed E-state index contributed by atoms with van der Waals surface area (Å²) in [5, 5.41) is 0. The van der Waals surface area contributed by atoms with E-state index in [0.29, 0.717) is 5.70 Å². The van der Waals surface area contributed by atoms with Crippen molar-refractivity contribution in [1.82, 2.24) is 0 Å². The Morgan fingerprint density at radius 3 is 2.08 bits per heavy atom. The molecular weight excluding hydrogens is 420 g/mol. The minimum Gasteiger partial charge on any atom is -0.400 e. The van der Waals surface area contributed by atoms with E-state index in [1.165, 1.54) is 0 Å². The molecule has 2 nitrogen and oxygen atoms in total. The first-order chi connectivity index (χ1) is 5.26. The summed E-state index contributed by atoms with van der Waals surface area (Å²) in [5.74, 6) is 0. The fourth-order valence-corrected chi connectivity index (χ4v) is 2.59. The number of halogens is 4. The van der Waals surface area contributed by atoms with Gasteiger partial charge in [0.15, 0.2) is 0 Å². The summed E-state index contributed by atoms with van der Waals surface area (Å²) < 4.78 is -0.305. The van der Waals surface area contributed by atoms with Crippen LogP contribution in [0.25, 0.3) is 0 Å². The van der Waals surface area contributed by atoms with Crippen LogP contribution in [0.1, 0.15) is 0 Å². The number of nitrogens with two attached hydrogens (primary N) is 2. The van der Waals surface area contributed by atoms with Crippen LogP contribution in [0.2, 0.25) is 0 Å². The second kappa shape index (κ2) is 3.38. The zero-order valence-electron chi connectivity index (χ0n) is 5.82. The molecule has 0 aromatic rings. The van der Waals surface area contributed by atoms with E-state index in [0.717, 1.165) is 4.48 Å². The number of allylic oxidation sites excluding steroid dienone is 2. The fraction of sp³-hybridized carbons (Fsp3) is 0.333. The zero-order valence-corrected chi connectivity index (χ0v) is 12.2. The lowest BCUT2D eigenvalue weighted by molar-refractivity contribution is 0.847. The van der Waals surface area contributed by atoms with E-state index in [1.54, 1.807) is 12.2 Å². The summed E-state index contributed by atoms with van der Waals surface area (Å²) in [6.07, 6.45) is 3.57. The average molecular weight is 426 g/mol. The molecule has 1 unspecified atom stereocenters. The van der Waals surface area contributed by atoms with Gasteiger partial charge in [-0.2, -0.15) is 0 Å². The summed E-state index contributed by atoms with van der Waals surface area (Å²) in [5.41, 5.74) is 12.1. The van der Waals surface area contributed by atoms with E-state index in [1.807, 2.05) is 0 Å². The number of alkyl halides is 3. The van der Waals surface area contributed by atoms with Gasteiger partial charge in [-0.1, -0.05) is 63.7 Å². The van der Waals surface area contributed by atoms with Crippen molar-refractivity contribution in [2.45, 2.75) is 7.68 Å². The monoisotopic (exact) mass is 422 g/mol. The minimum atomic E-state index is -0.753. The Labute approximate surface area is 104 Å². The molecule has 68 valence electrons. The van der Waals surface area contributed by atoms with Crippen LogP contribution < -0.4 is 11.5 Å². The first kappa shape index (κ1) is 11.2. The normalized spacial score (nSPS) is 34.1. The fourth-order valence-electron chi connectivity index (χ4n) is 0.739. The van der Waals surface area contributed by atoms with Crippen molar-refractivity contribution in [1.29, 1.82) is 0 Å². The topological polar surface area (TPSA) is 52.0 Å². The first-order valence-corrected chi connectivity index (χ1v) is 6.16. The van der Waals surface area contributed by atoms with Gasteiger partial charge in [0.05, 0.1) is 0 Å². The molecule has 6 heteroatoms. The second-order valence-corrected chi connectivity index (χ2v) is 8.22. The molecule has 0 aromatic heterocycles. The van der Waals surface area contributed by atoms with Gasteiger partial charge in [-0.25, -0.2) is 0 Å². The van der Waals surface area contributed by atoms with E-state index in [-0.39, 0.29) is 0 Å². The van der Waals surface area contributed by atoms with Crippen molar-refractivity contribution < 1.29 is 0 Å². The maximum Gasteiger partial charge on any atom is 0.131 e. The molecule has 0 saturated carbocycles. The molecule has 0 bridgehead atoms. The third-order valence-corrected chi connectivity index (χ3v) is 5.35. The molecule has 0 fully saturated rings. The molecule has 1 aliphatic rings. The molecule has 1 atom stereocenters. The highest BCUT2D eigenvalue weighted by Crippen LogP contribution is 2.45. The highest BCUT2D eigenvalue weighted by atomic mass is 79.9. The summed E-state index contributed by atoms with van der Waals surface area (Å²) >= 11 is 13.5. The third kappa shape index (κ3) is 2.15. The number of hydrogen-bond donors (Lipinski definition) is 2. The van der Waals surface area contributed by atoms with Crippen molar-refractivity contribution >= 4 is 63.7 Å². The zero-order chi connectivity index (χ0) is 9.57. The van der Waals surface area contributed by atoms with Crippen LogP contribution in [-0.2, 0) is 0 Å². The lowest BCUT2D eigenvalue weighted by atomic mass is 10.1. The van der Waals surface area contributed by atoms with Crippen LogP contribution in [0.15, 0.2) is 22.3 Å². The summed E-state index contributed by atoms with van der Waals surface area (Å²) in [4.78, 5) is 0. The molecule has 0 heterocycles. The molecule has 0 aliphatic heterocycles. The Bertz CT molecular complexity index is 239. The maximum absolute atomic E-state index is 5.81. The van der Waals surface area contributed by atoms with Gasteiger partial charge in [0.2, 0.25) is 0 Å². The Balaban J connectivity index is 3.13. The predicted molar refractivity (Wildman–Crippen MR) is 65.7 cm³/mol. The van der Waals surface area contributed by atoms with Crippen LogP contribution in [0, 0.1) is 0 Å². The van der Waals surface area contributed by atoms with Crippen LogP contribution in [0.4, 0.5) is 0 Å². The number of rotatable bonds is 0. The lowest BCUT2D eigenvalue weighted by Crippen LogP contribution is -2.40. The second-order valence-electron chi connectivity index (χ2n) is 2.48. The molecular formula is C6H6Br4N2. The van der Waals surface area contributed by atoms with E-state index < -0.39 is 7.68 Å². The highest BCUT2D eigenvalue weighted by Gasteiger charge is 2.35. The van der Waals surface area contributed by atoms with Crippen LogP contribution in [-0.4, -0.2) is 7.68 Å². The SMILES string of the molecule is NC1=CC(Br)(Br)C(Br)=CC1(N)Br. The van der Waals surface area contributed by atoms with Gasteiger partial charge in [0.25, 0.3) is 0 Å². The molecule has 1 rings (SSSR count). The van der Waals surface area contributed by atoms with Gasteiger partial charge in [0.1, 0.15) is 7.68 Å². The summed E-state index contributed by atoms with van der Waals surface area (Å²) in [6, 6.07) is 0. The van der Waals surface area contributed by atoms with Crippen molar-refractivity contribution in [3.63, 3.8) is 0 Å². The average Bonchev–Trinajstić information content (AvgIpc) is 1.82. The first-order valence-electron chi connectivity index (χ1n) is 2.99.